The van der Waals surface area contributed by atoms with Crippen LogP contribution in [0, 0.1) is 5.92 Å². The van der Waals surface area contributed by atoms with E-state index in [2.05, 4.69) is 40.3 Å². The number of halogens is 1. The largest absolute Gasteiger partial charge is 0.496 e. The highest BCUT2D eigenvalue weighted by molar-refractivity contribution is 9.10. The lowest BCUT2D eigenvalue weighted by Gasteiger charge is -2.34. The maximum absolute atomic E-state index is 5.19. The second-order valence-corrected chi connectivity index (χ2v) is 5.12. The standard InChI is InChI=1S/C12H16BrNO/c1-8-5-10(6-8)14-9-3-4-12(15-2)11(13)7-9/h3-4,7-8,10,14H,5-6H2,1-2H3. The van der Waals surface area contributed by atoms with Crippen LogP contribution < -0.4 is 10.1 Å². The van der Waals surface area contributed by atoms with Gasteiger partial charge in [0.1, 0.15) is 5.75 Å². The molecule has 0 heterocycles. The molecule has 1 fully saturated rings. The summed E-state index contributed by atoms with van der Waals surface area (Å²) in [6.07, 6.45) is 2.56. The summed E-state index contributed by atoms with van der Waals surface area (Å²) >= 11 is 3.48. The van der Waals surface area contributed by atoms with Crippen molar-refractivity contribution >= 4 is 21.6 Å². The predicted octanol–water partition coefficient (Wildman–Crippen LogP) is 3.67. The van der Waals surface area contributed by atoms with Crippen LogP contribution in [0.2, 0.25) is 0 Å². The zero-order valence-electron chi connectivity index (χ0n) is 9.09. The summed E-state index contributed by atoms with van der Waals surface area (Å²) in [5.74, 6) is 1.76. The van der Waals surface area contributed by atoms with Crippen LogP contribution in [0.3, 0.4) is 0 Å². The number of hydrogen-bond donors (Lipinski definition) is 1. The molecule has 0 atom stereocenters. The highest BCUT2D eigenvalue weighted by Crippen LogP contribution is 2.32. The Morgan fingerprint density at radius 1 is 1.40 bits per heavy atom. The molecular formula is C12H16BrNO. The Bertz CT molecular complexity index is 347. The van der Waals surface area contributed by atoms with Gasteiger partial charge in [0, 0.05) is 11.7 Å². The Labute approximate surface area is 99.1 Å². The Morgan fingerprint density at radius 3 is 2.67 bits per heavy atom. The summed E-state index contributed by atoms with van der Waals surface area (Å²) in [5.41, 5.74) is 1.17. The molecule has 3 heteroatoms. The fourth-order valence-electron chi connectivity index (χ4n) is 2.01. The van der Waals surface area contributed by atoms with Crippen molar-refractivity contribution < 1.29 is 4.74 Å². The molecule has 0 aromatic heterocycles. The maximum atomic E-state index is 5.19. The van der Waals surface area contributed by atoms with E-state index in [9.17, 15) is 0 Å². The van der Waals surface area contributed by atoms with Gasteiger partial charge in [-0.1, -0.05) is 6.92 Å². The number of nitrogens with one attached hydrogen (secondary N) is 1. The van der Waals surface area contributed by atoms with Crippen LogP contribution in [0.5, 0.6) is 5.75 Å². The van der Waals surface area contributed by atoms with Gasteiger partial charge in [-0.25, -0.2) is 0 Å². The van der Waals surface area contributed by atoms with Gasteiger partial charge in [0.05, 0.1) is 11.6 Å². The van der Waals surface area contributed by atoms with E-state index in [0.717, 1.165) is 16.1 Å². The Hall–Kier alpha value is -0.700. The van der Waals surface area contributed by atoms with Crippen molar-refractivity contribution in [1.82, 2.24) is 0 Å². The predicted molar refractivity (Wildman–Crippen MR) is 66.5 cm³/mol. The first-order chi connectivity index (χ1) is 7.19. The average Bonchev–Trinajstić information content (AvgIpc) is 2.16. The molecule has 0 aliphatic heterocycles. The number of ether oxygens (including phenoxy) is 1. The second kappa shape index (κ2) is 4.44. The molecular weight excluding hydrogens is 254 g/mol. The van der Waals surface area contributed by atoms with Crippen LogP contribution in [0.4, 0.5) is 5.69 Å². The Kier molecular flexibility index (Phi) is 3.19. The zero-order chi connectivity index (χ0) is 10.8. The van der Waals surface area contributed by atoms with Crippen LogP contribution in [0.25, 0.3) is 0 Å². The second-order valence-electron chi connectivity index (χ2n) is 4.27. The van der Waals surface area contributed by atoms with E-state index < -0.39 is 0 Å². The first kappa shape index (κ1) is 10.8. The van der Waals surface area contributed by atoms with Gasteiger partial charge in [-0.2, -0.15) is 0 Å². The van der Waals surface area contributed by atoms with Crippen LogP contribution in [-0.4, -0.2) is 13.2 Å². The number of benzene rings is 1. The molecule has 0 spiro atoms. The van der Waals surface area contributed by atoms with Crippen LogP contribution >= 0.6 is 15.9 Å². The van der Waals surface area contributed by atoms with Crippen LogP contribution in [-0.2, 0) is 0 Å². The summed E-state index contributed by atoms with van der Waals surface area (Å²) in [5, 5.41) is 3.52. The summed E-state index contributed by atoms with van der Waals surface area (Å²) in [4.78, 5) is 0. The highest BCUT2D eigenvalue weighted by atomic mass is 79.9. The summed E-state index contributed by atoms with van der Waals surface area (Å²) in [6, 6.07) is 6.77. The summed E-state index contributed by atoms with van der Waals surface area (Å²) in [7, 11) is 1.68. The number of hydrogen-bond acceptors (Lipinski definition) is 2. The molecule has 15 heavy (non-hydrogen) atoms. The SMILES string of the molecule is COc1ccc(NC2CC(C)C2)cc1Br. The fourth-order valence-corrected chi connectivity index (χ4v) is 2.55. The maximum Gasteiger partial charge on any atom is 0.133 e. The van der Waals surface area contributed by atoms with E-state index in [0.29, 0.717) is 6.04 Å². The third-order valence-corrected chi connectivity index (χ3v) is 3.52. The molecule has 1 aromatic carbocycles. The Balaban J connectivity index is 2.00. The third-order valence-electron chi connectivity index (χ3n) is 2.90. The van der Waals surface area contributed by atoms with Crippen LogP contribution in [0.1, 0.15) is 19.8 Å². The van der Waals surface area contributed by atoms with Crippen molar-refractivity contribution in [3.05, 3.63) is 22.7 Å². The minimum atomic E-state index is 0.653. The van der Waals surface area contributed by atoms with E-state index >= 15 is 0 Å². The molecule has 1 saturated carbocycles. The Morgan fingerprint density at radius 2 is 2.13 bits per heavy atom. The van der Waals surface area contributed by atoms with Gasteiger partial charge >= 0.3 is 0 Å². The quantitative estimate of drug-likeness (QED) is 0.904. The van der Waals surface area contributed by atoms with Gasteiger partial charge in [-0.3, -0.25) is 0 Å². The van der Waals surface area contributed by atoms with Gasteiger partial charge in [-0.15, -0.1) is 0 Å². The molecule has 2 nitrogen and oxygen atoms in total. The van der Waals surface area contributed by atoms with Gasteiger partial charge in [-0.05, 0) is 52.9 Å². The van der Waals surface area contributed by atoms with E-state index in [1.165, 1.54) is 18.5 Å². The van der Waals surface area contributed by atoms with Crippen molar-refractivity contribution in [1.29, 1.82) is 0 Å². The van der Waals surface area contributed by atoms with E-state index in [-0.39, 0.29) is 0 Å². The van der Waals surface area contributed by atoms with E-state index in [4.69, 9.17) is 4.74 Å². The van der Waals surface area contributed by atoms with Gasteiger partial charge in [0.15, 0.2) is 0 Å². The molecule has 82 valence electrons. The summed E-state index contributed by atoms with van der Waals surface area (Å²) < 4.78 is 6.19. The molecule has 1 aromatic rings. The van der Waals surface area contributed by atoms with Crippen molar-refractivity contribution in [2.24, 2.45) is 5.92 Å². The minimum Gasteiger partial charge on any atom is -0.496 e. The minimum absolute atomic E-state index is 0.653. The molecule has 0 saturated heterocycles. The van der Waals surface area contributed by atoms with E-state index in [1.54, 1.807) is 7.11 Å². The van der Waals surface area contributed by atoms with E-state index in [1.807, 2.05) is 6.07 Å². The number of methoxy groups -OCH3 is 1. The molecule has 2 rings (SSSR count). The summed E-state index contributed by atoms with van der Waals surface area (Å²) in [6.45, 7) is 2.29. The molecule has 1 aliphatic carbocycles. The van der Waals surface area contributed by atoms with Crippen LogP contribution in [0.15, 0.2) is 22.7 Å². The van der Waals surface area contributed by atoms with Crippen molar-refractivity contribution in [3.63, 3.8) is 0 Å². The lowest BCUT2D eigenvalue weighted by Crippen LogP contribution is -2.33. The van der Waals surface area contributed by atoms with Gasteiger partial charge < -0.3 is 10.1 Å². The molecule has 0 unspecified atom stereocenters. The first-order valence-electron chi connectivity index (χ1n) is 5.29. The van der Waals surface area contributed by atoms with Crippen molar-refractivity contribution in [2.45, 2.75) is 25.8 Å². The van der Waals surface area contributed by atoms with Crippen molar-refractivity contribution in [2.75, 3.05) is 12.4 Å². The average molecular weight is 270 g/mol. The number of rotatable bonds is 3. The molecule has 1 N–H and O–H groups in total. The number of anilines is 1. The van der Waals surface area contributed by atoms with Gasteiger partial charge in [0.25, 0.3) is 0 Å². The molecule has 0 bridgehead atoms. The fraction of sp³-hybridized carbons (Fsp3) is 0.500. The molecule has 0 radical (unpaired) electrons. The van der Waals surface area contributed by atoms with Gasteiger partial charge in [0.2, 0.25) is 0 Å². The highest BCUT2D eigenvalue weighted by Gasteiger charge is 2.24. The lowest BCUT2D eigenvalue weighted by atomic mass is 9.82. The first-order valence-corrected chi connectivity index (χ1v) is 6.08. The zero-order valence-corrected chi connectivity index (χ0v) is 10.7. The molecule has 1 aliphatic rings. The van der Waals surface area contributed by atoms with Crippen molar-refractivity contribution in [3.8, 4) is 5.75 Å². The normalized spacial score (nSPS) is 24.5. The lowest BCUT2D eigenvalue weighted by molar-refractivity contribution is 0.309. The molecule has 0 amide bonds. The third kappa shape index (κ3) is 2.46. The topological polar surface area (TPSA) is 21.3 Å². The smallest absolute Gasteiger partial charge is 0.133 e. The monoisotopic (exact) mass is 269 g/mol.